The molecule has 0 aromatic heterocycles. The molecule has 8 aliphatic carbocycles. The first-order chi connectivity index (χ1) is 18.2. The summed E-state index contributed by atoms with van der Waals surface area (Å²) in [7, 11) is 0. The van der Waals surface area contributed by atoms with E-state index >= 15 is 0 Å². The smallest absolute Gasteiger partial charge is 0.258 e. The van der Waals surface area contributed by atoms with E-state index in [2.05, 4.69) is 24.3 Å². The zero-order chi connectivity index (χ0) is 25.9. The lowest BCUT2D eigenvalue weighted by molar-refractivity contribution is -0.385. The fourth-order valence-electron chi connectivity index (χ4n) is 12.3. The second kappa shape index (κ2) is 7.45. The molecule has 38 heavy (non-hydrogen) atoms. The number of hydrogen-bond acceptors (Lipinski definition) is 4. The zero-order valence-corrected chi connectivity index (χ0v) is 21.9. The highest BCUT2D eigenvalue weighted by Crippen LogP contribution is 2.78. The number of hydrogen-bond donors (Lipinski definition) is 0. The summed E-state index contributed by atoms with van der Waals surface area (Å²) in [4.78, 5) is 22.1. The fourth-order valence-corrected chi connectivity index (χ4v) is 12.3. The number of nitrogens with zero attached hydrogens (tertiary/aromatic N) is 2. The largest absolute Gasteiger partial charge is 0.269 e. The van der Waals surface area contributed by atoms with Crippen molar-refractivity contribution in [3.8, 4) is 0 Å². The van der Waals surface area contributed by atoms with E-state index in [4.69, 9.17) is 0 Å². The Labute approximate surface area is 223 Å². The molecule has 0 N–H and O–H groups in total. The Balaban J connectivity index is 1.19. The van der Waals surface area contributed by atoms with E-state index in [0.717, 1.165) is 23.7 Å². The summed E-state index contributed by atoms with van der Waals surface area (Å²) < 4.78 is 0. The zero-order valence-electron chi connectivity index (χ0n) is 21.9. The summed E-state index contributed by atoms with van der Waals surface area (Å²) in [5, 5.41) is 22.7. The standard InChI is InChI=1S/C32H36N2O4/c35-33(36)27-5-1-25(2-6-27)29-11-21-9-22(12-29)16-31(15-21,19-29)32-17-23-10-24(18-32)14-30(13-23,20-32)26-3-7-28(8-4-26)34(37)38/h1-8,21-24H,9-20H2. The second-order valence-corrected chi connectivity index (χ2v) is 14.7. The summed E-state index contributed by atoms with van der Waals surface area (Å²) in [5.74, 6) is 3.09. The molecule has 0 amide bonds. The number of benzene rings is 2. The van der Waals surface area contributed by atoms with Crippen LogP contribution in [0.25, 0.3) is 0 Å². The molecule has 0 heterocycles. The molecule has 0 saturated heterocycles. The molecule has 2 aromatic carbocycles. The van der Waals surface area contributed by atoms with Gasteiger partial charge in [0.05, 0.1) is 9.85 Å². The Morgan fingerprint density at radius 1 is 0.526 bits per heavy atom. The average molecular weight is 513 g/mol. The normalized spacial score (nSPS) is 43.9. The van der Waals surface area contributed by atoms with Gasteiger partial charge in [0.2, 0.25) is 0 Å². The van der Waals surface area contributed by atoms with Crippen LogP contribution < -0.4 is 0 Å². The third kappa shape index (κ3) is 3.06. The van der Waals surface area contributed by atoms with Crippen LogP contribution in [0.4, 0.5) is 11.4 Å². The Kier molecular flexibility index (Phi) is 4.54. The molecule has 8 bridgehead atoms. The minimum Gasteiger partial charge on any atom is -0.258 e. The van der Waals surface area contributed by atoms with Gasteiger partial charge in [-0.3, -0.25) is 20.2 Å². The molecule has 8 fully saturated rings. The maximum Gasteiger partial charge on any atom is 0.269 e. The molecular weight excluding hydrogens is 476 g/mol. The molecule has 4 atom stereocenters. The maximum atomic E-state index is 11.3. The van der Waals surface area contributed by atoms with Crippen molar-refractivity contribution in [2.45, 2.75) is 87.9 Å². The highest BCUT2D eigenvalue weighted by molar-refractivity contribution is 5.41. The fraction of sp³-hybridized carbons (Fsp3) is 0.625. The average Bonchev–Trinajstić information content (AvgIpc) is 2.87. The Bertz CT molecular complexity index is 1200. The summed E-state index contributed by atoms with van der Waals surface area (Å²) in [6, 6.07) is 15.2. The van der Waals surface area contributed by atoms with Crippen LogP contribution in [0.1, 0.15) is 88.2 Å². The van der Waals surface area contributed by atoms with Crippen molar-refractivity contribution in [3.63, 3.8) is 0 Å². The van der Waals surface area contributed by atoms with Gasteiger partial charge in [0.15, 0.2) is 0 Å². The van der Waals surface area contributed by atoms with Crippen molar-refractivity contribution >= 4 is 11.4 Å². The number of nitro groups is 2. The van der Waals surface area contributed by atoms with Gasteiger partial charge in [0.1, 0.15) is 0 Å². The van der Waals surface area contributed by atoms with Gasteiger partial charge in [-0.2, -0.15) is 0 Å². The van der Waals surface area contributed by atoms with Gasteiger partial charge in [-0.15, -0.1) is 0 Å². The monoisotopic (exact) mass is 512 g/mol. The molecule has 6 nitrogen and oxygen atoms in total. The molecule has 6 heteroatoms. The molecular formula is C32H36N2O4. The Morgan fingerprint density at radius 2 is 0.842 bits per heavy atom. The van der Waals surface area contributed by atoms with E-state index in [9.17, 15) is 20.2 Å². The maximum absolute atomic E-state index is 11.3. The van der Waals surface area contributed by atoms with Crippen LogP contribution in [-0.4, -0.2) is 9.85 Å². The van der Waals surface area contributed by atoms with Crippen LogP contribution in [0.5, 0.6) is 0 Å². The number of non-ortho nitro benzene ring substituents is 2. The van der Waals surface area contributed by atoms with Gasteiger partial charge in [-0.05, 0) is 134 Å². The first-order valence-corrected chi connectivity index (χ1v) is 14.7. The summed E-state index contributed by atoms with van der Waals surface area (Å²) in [5.41, 5.74) is 4.14. The highest BCUT2D eigenvalue weighted by atomic mass is 16.6. The predicted octanol–water partition coefficient (Wildman–Crippen LogP) is 7.88. The summed E-state index contributed by atoms with van der Waals surface area (Å²) >= 11 is 0. The van der Waals surface area contributed by atoms with Crippen molar-refractivity contribution in [2.75, 3.05) is 0 Å². The van der Waals surface area contributed by atoms with Gasteiger partial charge >= 0.3 is 0 Å². The second-order valence-electron chi connectivity index (χ2n) is 14.7. The van der Waals surface area contributed by atoms with E-state index in [-0.39, 0.29) is 32.1 Å². The third-order valence-corrected chi connectivity index (χ3v) is 12.6. The van der Waals surface area contributed by atoms with Gasteiger partial charge in [0, 0.05) is 24.3 Å². The number of rotatable bonds is 5. The lowest BCUT2D eigenvalue weighted by atomic mass is 9.30. The SMILES string of the molecule is O=[N+]([O-])c1ccc(C23CC4CC(C2)CC(C25CC6CC(CC(c7ccc([N+](=O)[O-])cc7)(C6)C2)C5)(C4)C3)cc1. The van der Waals surface area contributed by atoms with E-state index in [1.165, 1.54) is 88.2 Å². The van der Waals surface area contributed by atoms with E-state index in [1.54, 1.807) is 24.3 Å². The lowest BCUT2D eigenvalue weighted by Gasteiger charge is -2.74. The van der Waals surface area contributed by atoms with Crippen LogP contribution in [0, 0.1) is 54.7 Å². The molecule has 0 aliphatic heterocycles. The van der Waals surface area contributed by atoms with Crippen molar-refractivity contribution < 1.29 is 9.85 Å². The van der Waals surface area contributed by atoms with Crippen molar-refractivity contribution in [1.82, 2.24) is 0 Å². The van der Waals surface area contributed by atoms with Crippen LogP contribution >= 0.6 is 0 Å². The predicted molar refractivity (Wildman–Crippen MR) is 144 cm³/mol. The van der Waals surface area contributed by atoms with E-state index in [1.807, 2.05) is 0 Å². The third-order valence-electron chi connectivity index (χ3n) is 12.6. The van der Waals surface area contributed by atoms with Crippen LogP contribution in [0.3, 0.4) is 0 Å². The highest BCUT2D eigenvalue weighted by Gasteiger charge is 2.70. The van der Waals surface area contributed by atoms with Crippen molar-refractivity contribution in [1.29, 1.82) is 0 Å². The molecule has 0 spiro atoms. The first kappa shape index (κ1) is 23.2. The minimum absolute atomic E-state index is 0.170. The first-order valence-electron chi connectivity index (χ1n) is 14.7. The molecule has 8 aliphatic rings. The lowest BCUT2D eigenvalue weighted by Crippen LogP contribution is -2.66. The van der Waals surface area contributed by atoms with Crippen molar-refractivity contribution in [2.24, 2.45) is 34.5 Å². The van der Waals surface area contributed by atoms with Crippen molar-refractivity contribution in [3.05, 3.63) is 79.9 Å². The molecule has 10 rings (SSSR count). The van der Waals surface area contributed by atoms with E-state index in [0.29, 0.717) is 10.8 Å². The van der Waals surface area contributed by atoms with Crippen LogP contribution in [-0.2, 0) is 10.8 Å². The molecule has 198 valence electrons. The molecule has 0 radical (unpaired) electrons. The van der Waals surface area contributed by atoms with Gasteiger partial charge in [-0.1, -0.05) is 24.3 Å². The van der Waals surface area contributed by atoms with Crippen LogP contribution in [0.15, 0.2) is 48.5 Å². The molecule has 8 saturated carbocycles. The van der Waals surface area contributed by atoms with E-state index < -0.39 is 0 Å². The Hall–Kier alpha value is -2.76. The van der Waals surface area contributed by atoms with Gasteiger partial charge < -0.3 is 0 Å². The molecule has 4 unspecified atom stereocenters. The van der Waals surface area contributed by atoms with Gasteiger partial charge in [0.25, 0.3) is 11.4 Å². The quantitative estimate of drug-likeness (QED) is 0.301. The summed E-state index contributed by atoms with van der Waals surface area (Å²) in [6.45, 7) is 0. The molecule has 2 aromatic rings. The Morgan fingerprint density at radius 3 is 1.13 bits per heavy atom. The van der Waals surface area contributed by atoms with Gasteiger partial charge in [-0.25, -0.2) is 0 Å². The topological polar surface area (TPSA) is 86.3 Å². The number of nitro benzene ring substituents is 2. The summed E-state index contributed by atoms with van der Waals surface area (Å²) in [6.07, 6.45) is 15.7. The minimum atomic E-state index is -0.280. The van der Waals surface area contributed by atoms with Crippen LogP contribution in [0.2, 0.25) is 0 Å².